The van der Waals surface area contributed by atoms with E-state index in [1.165, 1.54) is 12.5 Å². The zero-order valence-electron chi connectivity index (χ0n) is 13.1. The van der Waals surface area contributed by atoms with Crippen molar-refractivity contribution in [1.82, 2.24) is 9.97 Å². The lowest BCUT2D eigenvalue weighted by Crippen LogP contribution is -2.05. The molecule has 0 aliphatic rings. The number of carboxylic acid groups (broad SMARTS) is 2. The predicted molar refractivity (Wildman–Crippen MR) is 90.6 cm³/mol. The first-order chi connectivity index (χ1) is 12.5. The second-order valence-electron chi connectivity index (χ2n) is 5.18. The Kier molecular flexibility index (Phi) is 4.36. The van der Waals surface area contributed by atoms with Gasteiger partial charge < -0.3 is 19.6 Å². The highest BCUT2D eigenvalue weighted by atomic mass is 16.4. The van der Waals surface area contributed by atoms with E-state index in [0.29, 0.717) is 11.0 Å². The number of fused-ring (bicyclic) bond motifs is 1. The van der Waals surface area contributed by atoms with Crippen molar-refractivity contribution in [2.24, 2.45) is 0 Å². The summed E-state index contributed by atoms with van der Waals surface area (Å²) in [5.74, 6) is -2.75. The van der Waals surface area contributed by atoms with Gasteiger partial charge in [-0.05, 0) is 12.1 Å². The highest BCUT2D eigenvalue weighted by Gasteiger charge is 2.25. The van der Waals surface area contributed by atoms with Gasteiger partial charge in [0.05, 0.1) is 23.8 Å². The van der Waals surface area contributed by atoms with E-state index in [0.717, 1.165) is 6.08 Å². The summed E-state index contributed by atoms with van der Waals surface area (Å²) < 4.78 is 5.68. The van der Waals surface area contributed by atoms with Gasteiger partial charge in [-0.25, -0.2) is 14.6 Å². The van der Waals surface area contributed by atoms with Crippen LogP contribution in [0.4, 0.5) is 0 Å². The molecule has 0 aliphatic carbocycles. The Morgan fingerprint density at radius 2 is 2.04 bits per heavy atom. The van der Waals surface area contributed by atoms with Crippen LogP contribution in [-0.4, -0.2) is 32.1 Å². The topological polar surface area (TPSA) is 140 Å². The third kappa shape index (κ3) is 3.09. The van der Waals surface area contributed by atoms with E-state index in [1.54, 1.807) is 36.4 Å². The van der Waals surface area contributed by atoms with Crippen LogP contribution < -0.4 is 0 Å². The van der Waals surface area contributed by atoms with E-state index < -0.39 is 17.5 Å². The maximum Gasteiger partial charge on any atom is 0.347 e. The molecule has 0 fully saturated rings. The number of carboxylic acids is 2. The molecule has 0 saturated heterocycles. The molecule has 8 nitrogen and oxygen atoms in total. The fraction of sp³-hybridized carbons (Fsp3) is 0. The van der Waals surface area contributed by atoms with E-state index in [1.807, 2.05) is 0 Å². The largest absolute Gasteiger partial charge is 0.478 e. The van der Waals surface area contributed by atoms with Crippen LogP contribution in [-0.2, 0) is 9.59 Å². The minimum Gasteiger partial charge on any atom is -0.478 e. The number of aromatic nitrogens is 2. The van der Waals surface area contributed by atoms with E-state index in [2.05, 4.69) is 9.97 Å². The van der Waals surface area contributed by atoms with Gasteiger partial charge in [0.1, 0.15) is 23.0 Å². The maximum atomic E-state index is 11.6. The Balaban J connectivity index is 2.36. The number of hydrogen-bond acceptors (Lipinski definition) is 5. The number of nitrogens with one attached hydrogen (secondary N) is 1. The smallest absolute Gasteiger partial charge is 0.347 e. The van der Waals surface area contributed by atoms with Gasteiger partial charge >= 0.3 is 11.9 Å². The average molecular weight is 349 g/mol. The molecule has 3 N–H and O–H groups in total. The van der Waals surface area contributed by atoms with Gasteiger partial charge in [-0.2, -0.15) is 5.26 Å². The molecule has 0 spiro atoms. The highest BCUT2D eigenvalue weighted by Crippen LogP contribution is 2.36. The number of H-pyrrole nitrogens is 1. The minimum absolute atomic E-state index is 0.0343. The number of nitriles is 1. The number of allylic oxidation sites excluding steroid dienone is 2. The van der Waals surface area contributed by atoms with Crippen LogP contribution in [0.15, 0.2) is 58.9 Å². The number of aliphatic carboxylic acids is 2. The number of rotatable bonds is 5. The van der Waals surface area contributed by atoms with Gasteiger partial charge in [-0.15, -0.1) is 0 Å². The van der Waals surface area contributed by atoms with Crippen LogP contribution in [0.1, 0.15) is 11.5 Å². The number of para-hydroxylation sites is 1. The van der Waals surface area contributed by atoms with Crippen LogP contribution in [0.5, 0.6) is 0 Å². The molecular weight excluding hydrogens is 338 g/mol. The Morgan fingerprint density at radius 1 is 1.27 bits per heavy atom. The molecule has 26 heavy (non-hydrogen) atoms. The molecule has 0 aliphatic heterocycles. The first-order valence-electron chi connectivity index (χ1n) is 7.31. The summed E-state index contributed by atoms with van der Waals surface area (Å²) in [7, 11) is 0. The highest BCUT2D eigenvalue weighted by molar-refractivity contribution is 6.17. The summed E-state index contributed by atoms with van der Waals surface area (Å²) in [5, 5.41) is 28.7. The summed E-state index contributed by atoms with van der Waals surface area (Å²) >= 11 is 0. The molecule has 0 atom stereocenters. The maximum absolute atomic E-state index is 11.6. The van der Waals surface area contributed by atoms with E-state index in [4.69, 9.17) is 4.42 Å². The Morgan fingerprint density at radius 3 is 2.62 bits per heavy atom. The number of carbonyl (C=O) groups is 2. The summed E-state index contributed by atoms with van der Waals surface area (Å²) in [5.41, 5.74) is -0.124. The molecule has 0 unspecified atom stereocenters. The number of aromatic amines is 1. The van der Waals surface area contributed by atoms with E-state index in [9.17, 15) is 25.1 Å². The van der Waals surface area contributed by atoms with Crippen molar-refractivity contribution < 1.29 is 24.2 Å². The van der Waals surface area contributed by atoms with Crippen molar-refractivity contribution in [2.75, 3.05) is 0 Å². The summed E-state index contributed by atoms with van der Waals surface area (Å²) in [6, 6.07) is 10.1. The normalized spacial score (nSPS) is 12.5. The second-order valence-corrected chi connectivity index (χ2v) is 5.18. The number of furan rings is 1. The van der Waals surface area contributed by atoms with Crippen LogP contribution in [0.3, 0.4) is 0 Å². The number of benzene rings is 1. The molecule has 3 aromatic rings. The first-order valence-corrected chi connectivity index (χ1v) is 7.31. The van der Waals surface area contributed by atoms with Gasteiger partial charge in [0.25, 0.3) is 0 Å². The zero-order valence-corrected chi connectivity index (χ0v) is 13.1. The quantitative estimate of drug-likeness (QED) is 0.365. The van der Waals surface area contributed by atoms with Gasteiger partial charge in [-0.1, -0.05) is 18.2 Å². The molecule has 0 saturated carbocycles. The molecule has 128 valence electrons. The van der Waals surface area contributed by atoms with Crippen LogP contribution in [0, 0.1) is 11.3 Å². The predicted octanol–water partition coefficient (Wildman–Crippen LogP) is 2.69. The molecule has 2 aromatic heterocycles. The van der Waals surface area contributed by atoms with Crippen LogP contribution >= 0.6 is 0 Å². The Bertz CT molecular complexity index is 1060. The first kappa shape index (κ1) is 16.7. The number of nitrogens with zero attached hydrogens (tertiary/aromatic N) is 2. The second kappa shape index (κ2) is 6.78. The van der Waals surface area contributed by atoms with Crippen molar-refractivity contribution in [2.45, 2.75) is 0 Å². The Labute approximate surface area is 146 Å². The molecule has 3 rings (SSSR count). The summed E-state index contributed by atoms with van der Waals surface area (Å²) in [6.45, 7) is 0. The lowest BCUT2D eigenvalue weighted by Gasteiger charge is -2.09. The molecule has 0 radical (unpaired) electrons. The molecule has 0 amide bonds. The fourth-order valence-corrected chi connectivity index (χ4v) is 2.52. The summed E-state index contributed by atoms with van der Waals surface area (Å²) in [6.07, 6.45) is 3.44. The van der Waals surface area contributed by atoms with E-state index >= 15 is 0 Å². The average Bonchev–Trinajstić information content (AvgIpc) is 3.26. The SMILES string of the molecule is N#CC(C(=O)O)=C(C(=CC(=O)O)c1cnc[nH]1)c1cc2ccccc2o1. The van der Waals surface area contributed by atoms with Gasteiger partial charge in [-0.3, -0.25) is 0 Å². The molecular formula is C18H11N3O5. The molecule has 2 heterocycles. The van der Waals surface area contributed by atoms with Gasteiger partial charge in [0.15, 0.2) is 0 Å². The molecule has 0 bridgehead atoms. The number of imidazole rings is 1. The Hall–Kier alpha value is -4.12. The monoisotopic (exact) mass is 349 g/mol. The third-order valence-electron chi connectivity index (χ3n) is 3.57. The minimum atomic E-state index is -1.50. The van der Waals surface area contributed by atoms with Crippen molar-refractivity contribution in [3.05, 3.63) is 66.0 Å². The van der Waals surface area contributed by atoms with Crippen molar-refractivity contribution in [1.29, 1.82) is 5.26 Å². The fourth-order valence-electron chi connectivity index (χ4n) is 2.52. The van der Waals surface area contributed by atoms with Gasteiger partial charge in [0, 0.05) is 17.0 Å². The lowest BCUT2D eigenvalue weighted by molar-refractivity contribution is -0.132. The van der Waals surface area contributed by atoms with Crippen molar-refractivity contribution in [3.63, 3.8) is 0 Å². The number of hydrogen-bond donors (Lipinski definition) is 3. The van der Waals surface area contributed by atoms with E-state index in [-0.39, 0.29) is 22.6 Å². The van der Waals surface area contributed by atoms with Crippen molar-refractivity contribution in [3.8, 4) is 6.07 Å². The molecule has 8 heteroatoms. The van der Waals surface area contributed by atoms with Crippen LogP contribution in [0.25, 0.3) is 22.1 Å². The standard InChI is InChI=1S/C18H11N3O5/c19-7-12(18(24)25)17(11(6-16(22)23)13-8-20-9-21-13)15-5-10-3-1-2-4-14(10)26-15/h1-6,8-9H,(H,20,21)(H,22,23)(H,24,25). The van der Waals surface area contributed by atoms with Crippen molar-refractivity contribution >= 4 is 34.1 Å². The lowest BCUT2D eigenvalue weighted by atomic mass is 9.95. The third-order valence-corrected chi connectivity index (χ3v) is 3.57. The van der Waals surface area contributed by atoms with Crippen LogP contribution in [0.2, 0.25) is 0 Å². The molecule has 1 aromatic carbocycles. The van der Waals surface area contributed by atoms with Gasteiger partial charge in [0.2, 0.25) is 0 Å². The summed E-state index contributed by atoms with van der Waals surface area (Å²) in [4.78, 5) is 29.4. The zero-order chi connectivity index (χ0) is 18.7.